The molecule has 0 rings (SSSR count). The van der Waals surface area contributed by atoms with Gasteiger partial charge in [-0.15, -0.1) is 0 Å². The number of ether oxygens (including phenoxy) is 1. The standard InChI is InChI=1S/C14H24O2/c1-4-5-6-7-8-9-10-11-12-13(2)16-14(3)15/h4-6,13H,1,7-12H2,2-3H3. The van der Waals surface area contributed by atoms with Crippen LogP contribution < -0.4 is 0 Å². The maximum atomic E-state index is 10.7. The summed E-state index contributed by atoms with van der Waals surface area (Å²) in [4.78, 5) is 10.7. The normalized spacial score (nSPS) is 12.6. The highest BCUT2D eigenvalue weighted by Gasteiger charge is 2.03. The second-order valence-corrected chi connectivity index (χ2v) is 4.08. The molecule has 0 saturated heterocycles. The Hall–Kier alpha value is -1.05. The fourth-order valence-electron chi connectivity index (χ4n) is 1.58. The van der Waals surface area contributed by atoms with Crippen LogP contribution in [0.1, 0.15) is 52.4 Å². The van der Waals surface area contributed by atoms with E-state index in [0.29, 0.717) is 0 Å². The van der Waals surface area contributed by atoms with Crippen LogP contribution in [0.5, 0.6) is 0 Å². The third kappa shape index (κ3) is 11.0. The molecule has 2 nitrogen and oxygen atoms in total. The molecule has 92 valence electrons. The Morgan fingerprint density at radius 3 is 2.62 bits per heavy atom. The number of esters is 1. The van der Waals surface area contributed by atoms with E-state index in [2.05, 4.69) is 12.7 Å². The molecule has 0 bridgehead atoms. The van der Waals surface area contributed by atoms with Crippen molar-refractivity contribution < 1.29 is 9.53 Å². The minimum atomic E-state index is -0.179. The Kier molecular flexibility index (Phi) is 9.78. The van der Waals surface area contributed by atoms with Gasteiger partial charge < -0.3 is 4.74 Å². The summed E-state index contributed by atoms with van der Waals surface area (Å²) in [5.74, 6) is -0.179. The highest BCUT2D eigenvalue weighted by atomic mass is 16.5. The summed E-state index contributed by atoms with van der Waals surface area (Å²) in [7, 11) is 0. The molecule has 0 amide bonds. The maximum absolute atomic E-state index is 10.7. The molecule has 0 fully saturated rings. The smallest absolute Gasteiger partial charge is 0.302 e. The van der Waals surface area contributed by atoms with E-state index in [1.165, 1.54) is 26.2 Å². The number of rotatable bonds is 9. The summed E-state index contributed by atoms with van der Waals surface area (Å²) in [5, 5.41) is 0. The number of carbonyl (C=O) groups excluding carboxylic acids is 1. The number of hydrogen-bond acceptors (Lipinski definition) is 2. The Morgan fingerprint density at radius 1 is 1.31 bits per heavy atom. The van der Waals surface area contributed by atoms with Crippen LogP contribution in [0, 0.1) is 0 Å². The van der Waals surface area contributed by atoms with E-state index in [1.54, 1.807) is 6.08 Å². The number of carbonyl (C=O) groups is 1. The summed E-state index contributed by atoms with van der Waals surface area (Å²) >= 11 is 0. The first-order valence-corrected chi connectivity index (χ1v) is 6.11. The molecule has 1 unspecified atom stereocenters. The van der Waals surface area contributed by atoms with Crippen LogP contribution in [-0.4, -0.2) is 12.1 Å². The van der Waals surface area contributed by atoms with Crippen LogP contribution >= 0.6 is 0 Å². The van der Waals surface area contributed by atoms with Crippen LogP contribution in [-0.2, 0) is 9.53 Å². The third-order valence-electron chi connectivity index (χ3n) is 2.37. The van der Waals surface area contributed by atoms with E-state index in [9.17, 15) is 4.79 Å². The van der Waals surface area contributed by atoms with Crippen LogP contribution in [0.4, 0.5) is 0 Å². The van der Waals surface area contributed by atoms with Gasteiger partial charge in [0, 0.05) is 6.92 Å². The minimum absolute atomic E-state index is 0.0677. The van der Waals surface area contributed by atoms with Gasteiger partial charge in [-0.05, 0) is 32.6 Å². The Balaban J connectivity index is 3.23. The van der Waals surface area contributed by atoms with Gasteiger partial charge in [-0.25, -0.2) is 0 Å². The van der Waals surface area contributed by atoms with Crippen molar-refractivity contribution in [2.45, 2.75) is 58.5 Å². The van der Waals surface area contributed by atoms with E-state index in [1.807, 2.05) is 13.0 Å². The Morgan fingerprint density at radius 2 is 2.00 bits per heavy atom. The molecule has 0 N–H and O–H groups in total. The average Bonchev–Trinajstić information content (AvgIpc) is 2.21. The van der Waals surface area contributed by atoms with E-state index in [-0.39, 0.29) is 12.1 Å². The lowest BCUT2D eigenvalue weighted by Gasteiger charge is -2.10. The van der Waals surface area contributed by atoms with Crippen molar-refractivity contribution in [2.24, 2.45) is 0 Å². The molecular weight excluding hydrogens is 200 g/mol. The lowest BCUT2D eigenvalue weighted by Crippen LogP contribution is -2.11. The van der Waals surface area contributed by atoms with E-state index in [4.69, 9.17) is 4.74 Å². The first kappa shape index (κ1) is 14.9. The third-order valence-corrected chi connectivity index (χ3v) is 2.37. The van der Waals surface area contributed by atoms with Crippen molar-refractivity contribution in [3.63, 3.8) is 0 Å². The van der Waals surface area contributed by atoms with Gasteiger partial charge >= 0.3 is 5.97 Å². The monoisotopic (exact) mass is 224 g/mol. The first-order chi connectivity index (χ1) is 7.66. The van der Waals surface area contributed by atoms with E-state index < -0.39 is 0 Å². The van der Waals surface area contributed by atoms with Gasteiger partial charge in [-0.2, -0.15) is 0 Å². The summed E-state index contributed by atoms with van der Waals surface area (Å²) in [6.07, 6.45) is 12.9. The SMILES string of the molecule is C=CC=CCCCCCCC(C)OC(C)=O. The molecular formula is C14H24O2. The van der Waals surface area contributed by atoms with Crippen molar-refractivity contribution in [1.29, 1.82) is 0 Å². The lowest BCUT2D eigenvalue weighted by atomic mass is 10.1. The van der Waals surface area contributed by atoms with Crippen LogP contribution in [0.2, 0.25) is 0 Å². The van der Waals surface area contributed by atoms with Gasteiger partial charge in [0.15, 0.2) is 0 Å². The Bertz CT molecular complexity index is 219. The topological polar surface area (TPSA) is 26.3 Å². The van der Waals surface area contributed by atoms with Gasteiger partial charge in [0.05, 0.1) is 6.10 Å². The second kappa shape index (κ2) is 10.5. The van der Waals surface area contributed by atoms with Crippen molar-refractivity contribution in [3.8, 4) is 0 Å². The largest absolute Gasteiger partial charge is 0.463 e. The van der Waals surface area contributed by atoms with Gasteiger partial charge in [-0.3, -0.25) is 4.79 Å². The molecule has 0 spiro atoms. The van der Waals surface area contributed by atoms with Crippen molar-refractivity contribution in [3.05, 3.63) is 24.8 Å². The van der Waals surface area contributed by atoms with Gasteiger partial charge in [0.1, 0.15) is 0 Å². The highest BCUT2D eigenvalue weighted by molar-refractivity contribution is 5.66. The maximum Gasteiger partial charge on any atom is 0.302 e. The summed E-state index contributed by atoms with van der Waals surface area (Å²) in [5.41, 5.74) is 0. The molecule has 0 aromatic carbocycles. The second-order valence-electron chi connectivity index (χ2n) is 4.08. The average molecular weight is 224 g/mol. The molecule has 0 heterocycles. The predicted octanol–water partition coefficient (Wildman–Crippen LogP) is 4.02. The molecule has 16 heavy (non-hydrogen) atoms. The van der Waals surface area contributed by atoms with Crippen LogP contribution in [0.3, 0.4) is 0 Å². The molecule has 0 aromatic heterocycles. The van der Waals surface area contributed by atoms with Crippen LogP contribution in [0.15, 0.2) is 24.8 Å². The molecule has 0 radical (unpaired) electrons. The highest BCUT2D eigenvalue weighted by Crippen LogP contribution is 2.09. The summed E-state index contributed by atoms with van der Waals surface area (Å²) < 4.78 is 5.05. The van der Waals surface area contributed by atoms with Gasteiger partial charge in [-0.1, -0.05) is 37.6 Å². The Labute approximate surface area is 99.4 Å². The molecule has 0 aromatic rings. The fraction of sp³-hybridized carbons (Fsp3) is 0.643. The lowest BCUT2D eigenvalue weighted by molar-refractivity contribution is -0.145. The molecule has 1 atom stereocenters. The number of hydrogen-bond donors (Lipinski definition) is 0. The van der Waals surface area contributed by atoms with E-state index >= 15 is 0 Å². The van der Waals surface area contributed by atoms with Gasteiger partial charge in [0.25, 0.3) is 0 Å². The molecule has 0 saturated carbocycles. The molecule has 0 aliphatic carbocycles. The van der Waals surface area contributed by atoms with Crippen molar-refractivity contribution in [1.82, 2.24) is 0 Å². The van der Waals surface area contributed by atoms with Crippen molar-refractivity contribution >= 4 is 5.97 Å². The number of allylic oxidation sites excluding steroid dienone is 3. The first-order valence-electron chi connectivity index (χ1n) is 6.11. The summed E-state index contributed by atoms with van der Waals surface area (Å²) in [6, 6.07) is 0. The van der Waals surface area contributed by atoms with Gasteiger partial charge in [0.2, 0.25) is 0 Å². The molecule has 0 aliphatic rings. The molecule has 2 heteroatoms. The van der Waals surface area contributed by atoms with E-state index in [0.717, 1.165) is 19.3 Å². The zero-order chi connectivity index (χ0) is 12.2. The molecule has 0 aliphatic heterocycles. The minimum Gasteiger partial charge on any atom is -0.463 e. The predicted molar refractivity (Wildman–Crippen MR) is 68.3 cm³/mol. The summed E-state index contributed by atoms with van der Waals surface area (Å²) in [6.45, 7) is 7.04. The van der Waals surface area contributed by atoms with Crippen molar-refractivity contribution in [2.75, 3.05) is 0 Å². The zero-order valence-corrected chi connectivity index (χ0v) is 10.6. The fourth-order valence-corrected chi connectivity index (χ4v) is 1.58. The quantitative estimate of drug-likeness (QED) is 0.336. The number of unbranched alkanes of at least 4 members (excludes halogenated alkanes) is 4. The zero-order valence-electron chi connectivity index (χ0n) is 10.6. The van der Waals surface area contributed by atoms with Crippen LogP contribution in [0.25, 0.3) is 0 Å².